The lowest BCUT2D eigenvalue weighted by Gasteiger charge is -2.34. The summed E-state index contributed by atoms with van der Waals surface area (Å²) in [4.78, 5) is 11.3. The molecule has 2 aromatic rings. The van der Waals surface area contributed by atoms with Crippen LogP contribution in [0.4, 0.5) is 5.82 Å². The first-order valence-corrected chi connectivity index (χ1v) is 9.55. The molecule has 0 spiro atoms. The Bertz CT molecular complexity index is 785. The summed E-state index contributed by atoms with van der Waals surface area (Å²) in [6.07, 6.45) is 1.77. The van der Waals surface area contributed by atoms with Crippen LogP contribution in [0.25, 0.3) is 0 Å². The standard InChI is InChI=1S/C17H22N4O2S/c1-14(2)17-18-9-8-16(19-17)20-10-12-21(13-11-20)24(22,23)15-6-4-3-5-7-15/h3-9,14H,10-13H2,1-2H3. The number of nitrogens with zero attached hydrogens (tertiary/aromatic N) is 4. The Labute approximate surface area is 143 Å². The van der Waals surface area contributed by atoms with Crippen molar-refractivity contribution < 1.29 is 8.42 Å². The molecule has 1 fully saturated rings. The van der Waals surface area contributed by atoms with Crippen LogP contribution in [0.15, 0.2) is 47.5 Å². The zero-order valence-electron chi connectivity index (χ0n) is 14.0. The molecular weight excluding hydrogens is 324 g/mol. The average molecular weight is 346 g/mol. The number of rotatable bonds is 4. The van der Waals surface area contributed by atoms with Crippen LogP contribution in [-0.2, 0) is 10.0 Å². The average Bonchev–Trinajstić information content (AvgIpc) is 2.62. The predicted octanol–water partition coefficient (Wildman–Crippen LogP) is 2.11. The van der Waals surface area contributed by atoms with Crippen molar-refractivity contribution in [2.45, 2.75) is 24.7 Å². The molecule has 7 heteroatoms. The molecule has 2 heterocycles. The number of hydrogen-bond donors (Lipinski definition) is 0. The highest BCUT2D eigenvalue weighted by Gasteiger charge is 2.28. The summed E-state index contributed by atoms with van der Waals surface area (Å²) in [7, 11) is -3.42. The topological polar surface area (TPSA) is 66.4 Å². The molecule has 0 atom stereocenters. The van der Waals surface area contributed by atoms with Gasteiger partial charge in [-0.15, -0.1) is 0 Å². The number of aromatic nitrogens is 2. The molecule has 1 aliphatic rings. The van der Waals surface area contributed by atoms with E-state index in [-0.39, 0.29) is 5.92 Å². The van der Waals surface area contributed by atoms with E-state index < -0.39 is 10.0 Å². The highest BCUT2D eigenvalue weighted by Crippen LogP contribution is 2.20. The van der Waals surface area contributed by atoms with E-state index in [0.717, 1.165) is 11.6 Å². The van der Waals surface area contributed by atoms with E-state index in [0.29, 0.717) is 31.1 Å². The molecule has 1 aromatic heterocycles. The maximum Gasteiger partial charge on any atom is 0.243 e. The summed E-state index contributed by atoms with van der Waals surface area (Å²) in [5, 5.41) is 0. The van der Waals surface area contributed by atoms with Crippen molar-refractivity contribution in [3.05, 3.63) is 48.4 Å². The third-order valence-corrected chi connectivity index (χ3v) is 6.03. The smallest absolute Gasteiger partial charge is 0.243 e. The Kier molecular flexibility index (Phi) is 4.82. The molecule has 0 amide bonds. The van der Waals surface area contributed by atoms with E-state index in [1.807, 2.05) is 12.1 Å². The largest absolute Gasteiger partial charge is 0.354 e. The number of anilines is 1. The zero-order chi connectivity index (χ0) is 17.2. The molecule has 0 aliphatic carbocycles. The van der Waals surface area contributed by atoms with E-state index >= 15 is 0 Å². The van der Waals surface area contributed by atoms with E-state index in [1.165, 1.54) is 0 Å². The van der Waals surface area contributed by atoms with Crippen molar-refractivity contribution in [1.29, 1.82) is 0 Å². The Morgan fingerprint density at radius 3 is 2.29 bits per heavy atom. The maximum atomic E-state index is 12.7. The van der Waals surface area contributed by atoms with Crippen LogP contribution in [0.2, 0.25) is 0 Å². The van der Waals surface area contributed by atoms with E-state index in [1.54, 1.807) is 34.8 Å². The Morgan fingerprint density at radius 2 is 1.67 bits per heavy atom. The minimum absolute atomic E-state index is 0.268. The molecule has 0 bridgehead atoms. The van der Waals surface area contributed by atoms with Gasteiger partial charge in [-0.1, -0.05) is 32.0 Å². The quantitative estimate of drug-likeness (QED) is 0.848. The highest BCUT2D eigenvalue weighted by molar-refractivity contribution is 7.89. The number of hydrogen-bond acceptors (Lipinski definition) is 5. The molecule has 0 radical (unpaired) electrons. The van der Waals surface area contributed by atoms with E-state index in [2.05, 4.69) is 28.7 Å². The van der Waals surface area contributed by atoms with Gasteiger partial charge in [-0.3, -0.25) is 0 Å². The summed E-state index contributed by atoms with van der Waals surface area (Å²) in [6, 6.07) is 10.5. The lowest BCUT2D eigenvalue weighted by Crippen LogP contribution is -2.49. The lowest BCUT2D eigenvalue weighted by molar-refractivity contribution is 0.383. The molecule has 0 unspecified atom stereocenters. The van der Waals surface area contributed by atoms with Gasteiger partial charge in [-0.05, 0) is 18.2 Å². The van der Waals surface area contributed by atoms with Crippen LogP contribution < -0.4 is 4.90 Å². The monoisotopic (exact) mass is 346 g/mol. The van der Waals surface area contributed by atoms with Crippen molar-refractivity contribution in [3.63, 3.8) is 0 Å². The van der Waals surface area contributed by atoms with Crippen molar-refractivity contribution in [1.82, 2.24) is 14.3 Å². The second-order valence-corrected chi connectivity index (χ2v) is 8.07. The molecule has 6 nitrogen and oxygen atoms in total. The summed E-state index contributed by atoms with van der Waals surface area (Å²) >= 11 is 0. The van der Waals surface area contributed by atoms with Gasteiger partial charge < -0.3 is 4.90 Å². The fourth-order valence-electron chi connectivity index (χ4n) is 2.72. The number of benzene rings is 1. The van der Waals surface area contributed by atoms with Crippen molar-refractivity contribution in [2.24, 2.45) is 0 Å². The zero-order valence-corrected chi connectivity index (χ0v) is 14.8. The van der Waals surface area contributed by atoms with Gasteiger partial charge in [-0.2, -0.15) is 4.31 Å². The fraction of sp³-hybridized carbons (Fsp3) is 0.412. The third-order valence-electron chi connectivity index (χ3n) is 4.12. The Hall–Kier alpha value is -1.99. The van der Waals surface area contributed by atoms with Crippen LogP contribution >= 0.6 is 0 Å². The molecule has 128 valence electrons. The molecule has 1 aliphatic heterocycles. The molecule has 0 saturated carbocycles. The summed E-state index contributed by atoms with van der Waals surface area (Å²) < 4.78 is 26.9. The second kappa shape index (κ2) is 6.86. The van der Waals surface area contributed by atoms with Crippen LogP contribution in [0.5, 0.6) is 0 Å². The molecule has 1 saturated heterocycles. The van der Waals surface area contributed by atoms with Gasteiger partial charge in [0.15, 0.2) is 0 Å². The molecule has 3 rings (SSSR count). The van der Waals surface area contributed by atoms with Crippen molar-refractivity contribution in [3.8, 4) is 0 Å². The molecule has 24 heavy (non-hydrogen) atoms. The highest BCUT2D eigenvalue weighted by atomic mass is 32.2. The maximum absolute atomic E-state index is 12.7. The fourth-order valence-corrected chi connectivity index (χ4v) is 4.16. The van der Waals surface area contributed by atoms with Gasteiger partial charge >= 0.3 is 0 Å². The number of piperazine rings is 1. The Morgan fingerprint density at radius 1 is 1.00 bits per heavy atom. The summed E-state index contributed by atoms with van der Waals surface area (Å²) in [6.45, 7) is 6.28. The number of sulfonamides is 1. The van der Waals surface area contributed by atoms with Gasteiger partial charge in [0.1, 0.15) is 11.6 Å². The van der Waals surface area contributed by atoms with Gasteiger partial charge in [0.2, 0.25) is 10.0 Å². The van der Waals surface area contributed by atoms with Crippen molar-refractivity contribution in [2.75, 3.05) is 31.1 Å². The van der Waals surface area contributed by atoms with Gasteiger partial charge in [-0.25, -0.2) is 18.4 Å². The second-order valence-electron chi connectivity index (χ2n) is 6.13. The molecule has 0 N–H and O–H groups in total. The van der Waals surface area contributed by atoms with E-state index in [9.17, 15) is 8.42 Å². The normalized spacial score (nSPS) is 16.5. The SMILES string of the molecule is CC(C)c1nccc(N2CCN(S(=O)(=O)c3ccccc3)CC2)n1. The lowest BCUT2D eigenvalue weighted by atomic mass is 10.2. The first-order valence-electron chi connectivity index (χ1n) is 8.11. The van der Waals surface area contributed by atoms with Crippen LogP contribution in [0, 0.1) is 0 Å². The van der Waals surface area contributed by atoms with Crippen LogP contribution in [0.1, 0.15) is 25.6 Å². The van der Waals surface area contributed by atoms with Crippen LogP contribution in [-0.4, -0.2) is 48.9 Å². The summed E-state index contributed by atoms with van der Waals surface area (Å²) in [5.74, 6) is 1.95. The minimum atomic E-state index is -3.42. The third kappa shape index (κ3) is 3.42. The van der Waals surface area contributed by atoms with Gasteiger partial charge in [0, 0.05) is 38.3 Å². The van der Waals surface area contributed by atoms with Gasteiger partial charge in [0.25, 0.3) is 0 Å². The molecular formula is C17H22N4O2S. The van der Waals surface area contributed by atoms with Crippen LogP contribution in [0.3, 0.4) is 0 Å². The minimum Gasteiger partial charge on any atom is -0.354 e. The first kappa shape index (κ1) is 16.9. The molecule has 1 aromatic carbocycles. The Balaban J connectivity index is 1.71. The summed E-state index contributed by atoms with van der Waals surface area (Å²) in [5.41, 5.74) is 0. The first-order chi connectivity index (χ1) is 11.5. The van der Waals surface area contributed by atoms with Gasteiger partial charge in [0.05, 0.1) is 4.90 Å². The predicted molar refractivity (Wildman–Crippen MR) is 93.5 cm³/mol. The van der Waals surface area contributed by atoms with E-state index in [4.69, 9.17) is 0 Å². The van der Waals surface area contributed by atoms with Crippen molar-refractivity contribution >= 4 is 15.8 Å².